The van der Waals surface area contributed by atoms with Crippen molar-refractivity contribution in [3.8, 4) is 23.0 Å². The molecule has 0 radical (unpaired) electrons. The van der Waals surface area contributed by atoms with Crippen molar-refractivity contribution < 1.29 is 42.9 Å². The molecule has 2 aromatic heterocycles. The Hall–Kier alpha value is -8.86. The van der Waals surface area contributed by atoms with Crippen LogP contribution in [0.2, 0.25) is 0 Å². The Kier molecular flexibility index (Phi) is 14.8. The number of amides is 4. The standard InChI is InChI=1S/C29H28N4O4.C28H25N3O5/c1-18-4-5-19-14-20(7-10-24(19)30-18)29(35)32-25-16-23(9-6-22(25)17-33(2)3)31-28(34)21-8-11-26-27(15-21)37-13-12-36-26;1-17-3-4-18-13-19(6-9-23(18)29-17)28(33)31-24-15-22(8-5-21(24)16-34-2)30-27(32)20-7-10-25-26(14-20)36-12-11-35-25/h4-11,14-16H,12-13,17H2,1-3H3,(H,31,34)(H,32,35);3-10,13-15H,11-12,16H2,1-2H3,(H,30,32)(H,31,33). The van der Waals surface area contributed by atoms with Crippen molar-refractivity contribution in [1.29, 1.82) is 0 Å². The van der Waals surface area contributed by atoms with E-state index in [1.165, 1.54) is 0 Å². The number of anilines is 4. The van der Waals surface area contributed by atoms with Crippen LogP contribution in [0.5, 0.6) is 23.0 Å². The highest BCUT2D eigenvalue weighted by molar-refractivity contribution is 6.09. The second-order valence-electron chi connectivity index (χ2n) is 17.7. The topological polar surface area (TPSA) is 192 Å². The Balaban J connectivity index is 0.000000180. The molecule has 0 saturated carbocycles. The summed E-state index contributed by atoms with van der Waals surface area (Å²) in [5.74, 6) is 1.23. The monoisotopic (exact) mass is 979 g/mol. The summed E-state index contributed by atoms with van der Waals surface area (Å²) in [5, 5.41) is 13.6. The van der Waals surface area contributed by atoms with Crippen LogP contribution in [-0.2, 0) is 17.9 Å². The SMILES string of the molecule is COCc1ccc(NC(=O)c2ccc3c(c2)OCCO3)cc1NC(=O)c1ccc2nc(C)ccc2c1.Cc1ccc2cc(C(=O)Nc3cc(NC(=O)c4ccc5c(c4)OCCO5)ccc3CN(C)C)ccc2n1. The van der Waals surface area contributed by atoms with Crippen molar-refractivity contribution >= 4 is 68.2 Å². The van der Waals surface area contributed by atoms with Crippen molar-refractivity contribution in [1.82, 2.24) is 14.9 Å². The fourth-order valence-electron chi connectivity index (χ4n) is 8.20. The number of benzene rings is 6. The van der Waals surface area contributed by atoms with Crippen LogP contribution in [0.3, 0.4) is 0 Å². The van der Waals surface area contributed by atoms with Crippen LogP contribution in [0.1, 0.15) is 63.9 Å². The molecule has 0 atom stereocenters. The van der Waals surface area contributed by atoms with Gasteiger partial charge < -0.3 is 49.9 Å². The first-order valence-electron chi connectivity index (χ1n) is 23.5. The second-order valence-corrected chi connectivity index (χ2v) is 17.7. The lowest BCUT2D eigenvalue weighted by atomic mass is 10.1. The third-order valence-electron chi connectivity index (χ3n) is 11.8. The zero-order valence-corrected chi connectivity index (χ0v) is 41.0. The number of aromatic nitrogens is 2. The predicted octanol–water partition coefficient (Wildman–Crippen LogP) is 9.85. The lowest BCUT2D eigenvalue weighted by molar-refractivity contribution is 0.101. The molecule has 0 bridgehead atoms. The maximum Gasteiger partial charge on any atom is 0.255 e. The van der Waals surface area contributed by atoms with Crippen LogP contribution < -0.4 is 40.2 Å². The Morgan fingerprint density at radius 2 is 0.890 bits per heavy atom. The molecule has 370 valence electrons. The van der Waals surface area contributed by atoms with Crippen LogP contribution in [0.25, 0.3) is 21.8 Å². The van der Waals surface area contributed by atoms with Crippen molar-refractivity contribution in [2.75, 3.05) is 68.9 Å². The minimum atomic E-state index is -0.305. The highest BCUT2D eigenvalue weighted by atomic mass is 16.6. The Labute approximate surface area is 421 Å². The van der Waals surface area contributed by atoms with E-state index in [9.17, 15) is 19.2 Å². The first-order valence-corrected chi connectivity index (χ1v) is 23.5. The van der Waals surface area contributed by atoms with Crippen LogP contribution in [0, 0.1) is 13.8 Å². The van der Waals surface area contributed by atoms with E-state index in [1.807, 2.05) is 93.5 Å². The average molecular weight is 980 g/mol. The molecule has 2 aliphatic heterocycles. The van der Waals surface area contributed by atoms with Gasteiger partial charge in [-0.3, -0.25) is 29.1 Å². The third-order valence-corrected chi connectivity index (χ3v) is 11.8. The summed E-state index contributed by atoms with van der Waals surface area (Å²) in [4.78, 5) is 63.1. The highest BCUT2D eigenvalue weighted by Gasteiger charge is 2.19. The summed E-state index contributed by atoms with van der Waals surface area (Å²) in [7, 11) is 5.50. The average Bonchev–Trinajstić information content (AvgIpc) is 3.39. The van der Waals surface area contributed by atoms with E-state index >= 15 is 0 Å². The van der Waals surface area contributed by atoms with Gasteiger partial charge in [-0.25, -0.2) is 0 Å². The van der Waals surface area contributed by atoms with Gasteiger partial charge in [-0.2, -0.15) is 0 Å². The minimum Gasteiger partial charge on any atom is -0.486 e. The number of hydrogen-bond acceptors (Lipinski definition) is 12. The summed E-state index contributed by atoms with van der Waals surface area (Å²) < 4.78 is 27.5. The van der Waals surface area contributed by atoms with E-state index in [-0.39, 0.29) is 23.6 Å². The summed E-state index contributed by atoms with van der Waals surface area (Å²) >= 11 is 0. The number of nitrogens with zero attached hydrogens (tertiary/aromatic N) is 3. The fraction of sp³-hybridized carbons (Fsp3) is 0.193. The minimum absolute atomic E-state index is 0.238. The molecule has 16 nitrogen and oxygen atoms in total. The molecule has 0 saturated heterocycles. The number of carbonyl (C=O) groups excluding carboxylic acids is 4. The fourth-order valence-corrected chi connectivity index (χ4v) is 8.20. The summed E-state index contributed by atoms with van der Waals surface area (Å²) in [6.45, 7) is 6.64. The molecule has 0 fully saturated rings. The molecular weight excluding hydrogens is 927 g/mol. The van der Waals surface area contributed by atoms with Crippen molar-refractivity contribution in [2.45, 2.75) is 27.0 Å². The molecule has 10 rings (SSSR count). The molecule has 8 aromatic rings. The van der Waals surface area contributed by atoms with Gasteiger partial charge >= 0.3 is 0 Å². The molecule has 0 spiro atoms. The zero-order valence-electron chi connectivity index (χ0n) is 41.0. The molecule has 2 aliphatic rings. The molecule has 16 heteroatoms. The number of ether oxygens (including phenoxy) is 5. The number of nitrogens with one attached hydrogen (secondary N) is 4. The van der Waals surface area contributed by atoms with Gasteiger partial charge in [0.2, 0.25) is 0 Å². The lowest BCUT2D eigenvalue weighted by Crippen LogP contribution is -2.18. The van der Waals surface area contributed by atoms with Gasteiger partial charge in [0.25, 0.3) is 23.6 Å². The number of carbonyl (C=O) groups is 4. The van der Waals surface area contributed by atoms with Crippen LogP contribution in [-0.4, -0.2) is 86.1 Å². The summed E-state index contributed by atoms with van der Waals surface area (Å²) in [5.41, 5.74) is 9.40. The van der Waals surface area contributed by atoms with Crippen molar-refractivity contribution in [3.05, 3.63) is 178 Å². The molecular formula is C57H53N7O9. The maximum absolute atomic E-state index is 13.2. The van der Waals surface area contributed by atoms with E-state index in [1.54, 1.807) is 79.9 Å². The smallest absolute Gasteiger partial charge is 0.255 e. The Morgan fingerprint density at radius 3 is 1.36 bits per heavy atom. The van der Waals surface area contributed by atoms with Gasteiger partial charge in [-0.05, 0) is 143 Å². The molecule has 6 aromatic carbocycles. The normalized spacial score (nSPS) is 12.4. The van der Waals surface area contributed by atoms with Gasteiger partial charge in [0.1, 0.15) is 26.4 Å². The van der Waals surface area contributed by atoms with Crippen LogP contribution in [0.15, 0.2) is 133 Å². The van der Waals surface area contributed by atoms with Crippen LogP contribution >= 0.6 is 0 Å². The Bertz CT molecular complexity index is 3410. The number of aryl methyl sites for hydroxylation is 2. The van der Waals surface area contributed by atoms with E-state index in [2.05, 4.69) is 31.2 Å². The number of methoxy groups -OCH3 is 1. The quantitative estimate of drug-likeness (QED) is 0.0908. The van der Waals surface area contributed by atoms with Crippen molar-refractivity contribution in [2.24, 2.45) is 0 Å². The summed E-state index contributed by atoms with van der Waals surface area (Å²) in [6, 6.07) is 39.5. The van der Waals surface area contributed by atoms with E-state index in [4.69, 9.17) is 23.7 Å². The van der Waals surface area contributed by atoms with Gasteiger partial charge in [0, 0.05) is 86.4 Å². The summed E-state index contributed by atoms with van der Waals surface area (Å²) in [6.07, 6.45) is 0. The van der Waals surface area contributed by atoms with Gasteiger partial charge in [-0.15, -0.1) is 0 Å². The van der Waals surface area contributed by atoms with E-state index in [0.717, 1.165) is 44.3 Å². The Morgan fingerprint density at radius 1 is 0.479 bits per heavy atom. The number of fused-ring (bicyclic) bond motifs is 4. The number of rotatable bonds is 12. The molecule has 0 aliphatic carbocycles. The molecule has 73 heavy (non-hydrogen) atoms. The van der Waals surface area contributed by atoms with E-state index < -0.39 is 0 Å². The highest BCUT2D eigenvalue weighted by Crippen LogP contribution is 2.33. The maximum atomic E-state index is 13.2. The lowest BCUT2D eigenvalue weighted by Gasteiger charge is -2.19. The number of hydrogen-bond donors (Lipinski definition) is 4. The first-order chi connectivity index (χ1) is 35.3. The van der Waals surface area contributed by atoms with Gasteiger partial charge in [-0.1, -0.05) is 24.3 Å². The zero-order chi connectivity index (χ0) is 51.0. The molecule has 0 unspecified atom stereocenters. The largest absolute Gasteiger partial charge is 0.486 e. The van der Waals surface area contributed by atoms with E-state index in [0.29, 0.717) is 108 Å². The number of pyridine rings is 2. The molecule has 4 amide bonds. The van der Waals surface area contributed by atoms with Crippen molar-refractivity contribution in [3.63, 3.8) is 0 Å². The second kappa shape index (κ2) is 22.1. The predicted molar refractivity (Wildman–Crippen MR) is 281 cm³/mol. The third kappa shape index (κ3) is 12.0. The molecule has 4 heterocycles. The molecule has 4 N–H and O–H groups in total. The van der Waals surface area contributed by atoms with Gasteiger partial charge in [0.15, 0.2) is 23.0 Å². The van der Waals surface area contributed by atoms with Gasteiger partial charge in [0.05, 0.1) is 17.6 Å². The van der Waals surface area contributed by atoms with Crippen LogP contribution in [0.4, 0.5) is 22.7 Å². The first kappa shape index (κ1) is 49.1.